The van der Waals surface area contributed by atoms with Gasteiger partial charge in [0, 0.05) is 43.6 Å². The molecule has 0 atom stereocenters. The van der Waals surface area contributed by atoms with E-state index in [9.17, 15) is 4.39 Å². The van der Waals surface area contributed by atoms with E-state index in [1.54, 1.807) is 23.5 Å². The number of anilines is 1. The van der Waals surface area contributed by atoms with Gasteiger partial charge in [0.05, 0.1) is 13.2 Å². The van der Waals surface area contributed by atoms with Crippen molar-refractivity contribution in [1.29, 1.82) is 0 Å². The van der Waals surface area contributed by atoms with E-state index < -0.39 is 0 Å². The molecule has 8 heteroatoms. The molecule has 6 nitrogen and oxygen atoms in total. The quantitative estimate of drug-likeness (QED) is 0.720. The number of hydrogen-bond acceptors (Lipinski definition) is 6. The Morgan fingerprint density at radius 1 is 1.04 bits per heavy atom. The minimum absolute atomic E-state index is 0.186. The van der Waals surface area contributed by atoms with Crippen LogP contribution in [0.4, 0.5) is 9.52 Å². The molecule has 0 unspecified atom stereocenters. The van der Waals surface area contributed by atoms with Crippen LogP contribution in [0.1, 0.15) is 11.3 Å². The smallest absolute Gasteiger partial charge is 0.218 e. The second kappa shape index (κ2) is 7.94. The predicted molar refractivity (Wildman–Crippen MR) is 99.2 cm³/mol. The van der Waals surface area contributed by atoms with Crippen LogP contribution >= 0.6 is 11.3 Å². The first-order valence-electron chi connectivity index (χ1n) is 8.58. The highest BCUT2D eigenvalue weighted by Gasteiger charge is 2.17. The molecule has 4 rings (SSSR count). The minimum atomic E-state index is -0.186. The molecule has 2 aromatic heterocycles. The van der Waals surface area contributed by atoms with Gasteiger partial charge in [0.2, 0.25) is 10.3 Å². The number of nitrogens with zero attached hydrogens (tertiary/aromatic N) is 4. The first kappa shape index (κ1) is 17.1. The summed E-state index contributed by atoms with van der Waals surface area (Å²) in [6.07, 6.45) is 1.98. The molecule has 3 heterocycles. The van der Waals surface area contributed by atoms with Crippen LogP contribution in [0.25, 0.3) is 5.13 Å². The van der Waals surface area contributed by atoms with Crippen molar-refractivity contribution >= 4 is 16.5 Å². The molecule has 0 radical (unpaired) electrons. The second-order valence-corrected chi connectivity index (χ2v) is 6.97. The molecule has 0 saturated carbocycles. The summed E-state index contributed by atoms with van der Waals surface area (Å²) in [5.74, 6) is -0.186. The molecule has 1 N–H and O–H groups in total. The van der Waals surface area contributed by atoms with Crippen LogP contribution < -0.4 is 10.2 Å². The van der Waals surface area contributed by atoms with Gasteiger partial charge in [0.25, 0.3) is 0 Å². The van der Waals surface area contributed by atoms with Crippen LogP contribution in [-0.4, -0.2) is 41.1 Å². The van der Waals surface area contributed by atoms with Crippen LogP contribution in [0.15, 0.2) is 42.6 Å². The van der Waals surface area contributed by atoms with Crippen LogP contribution in [0.2, 0.25) is 0 Å². The molecule has 0 amide bonds. The Bertz CT molecular complexity index is 859. The van der Waals surface area contributed by atoms with Gasteiger partial charge < -0.3 is 15.0 Å². The highest BCUT2D eigenvalue weighted by molar-refractivity contribution is 7.17. The number of halogens is 1. The third-order valence-corrected chi connectivity index (χ3v) is 5.29. The largest absolute Gasteiger partial charge is 0.378 e. The minimum Gasteiger partial charge on any atom is -0.378 e. The van der Waals surface area contributed by atoms with E-state index in [1.165, 1.54) is 6.07 Å². The summed E-state index contributed by atoms with van der Waals surface area (Å²) in [7, 11) is 0. The summed E-state index contributed by atoms with van der Waals surface area (Å²) in [6, 6.07) is 10.8. The van der Waals surface area contributed by atoms with Gasteiger partial charge in [-0.25, -0.2) is 4.39 Å². The van der Waals surface area contributed by atoms with Gasteiger partial charge in [-0.3, -0.25) is 4.57 Å². The molecule has 0 bridgehead atoms. The van der Waals surface area contributed by atoms with Crippen LogP contribution in [-0.2, 0) is 17.8 Å². The lowest BCUT2D eigenvalue weighted by atomic mass is 10.2. The molecule has 3 aromatic rings. The van der Waals surface area contributed by atoms with Gasteiger partial charge in [-0.05, 0) is 18.2 Å². The lowest BCUT2D eigenvalue weighted by Crippen LogP contribution is -2.36. The Kier molecular flexibility index (Phi) is 5.24. The molecule has 1 aliphatic rings. The van der Waals surface area contributed by atoms with Gasteiger partial charge in [0.1, 0.15) is 5.82 Å². The van der Waals surface area contributed by atoms with Crippen molar-refractivity contribution in [3.05, 3.63) is 59.7 Å². The number of rotatable bonds is 6. The Morgan fingerprint density at radius 3 is 2.69 bits per heavy atom. The van der Waals surface area contributed by atoms with E-state index >= 15 is 0 Å². The Labute approximate surface area is 155 Å². The average molecular weight is 373 g/mol. The van der Waals surface area contributed by atoms with Gasteiger partial charge in [-0.15, -0.1) is 10.2 Å². The third-order valence-electron chi connectivity index (χ3n) is 4.30. The van der Waals surface area contributed by atoms with Crippen molar-refractivity contribution in [1.82, 2.24) is 20.1 Å². The van der Waals surface area contributed by atoms with E-state index in [0.717, 1.165) is 42.3 Å². The maximum absolute atomic E-state index is 13.7. The highest BCUT2D eigenvalue weighted by atomic mass is 32.1. The Hall–Kier alpha value is -2.29. The standard InChI is InChI=1S/C18H20FN5OS/c19-16-6-2-1-4-14(16)12-20-13-15-5-3-7-24(15)18-22-21-17(26-18)23-8-10-25-11-9-23/h1-7,20H,8-13H2. The Morgan fingerprint density at radius 2 is 1.85 bits per heavy atom. The van der Waals surface area contributed by atoms with E-state index in [0.29, 0.717) is 18.7 Å². The molecule has 1 aliphatic heterocycles. The summed E-state index contributed by atoms with van der Waals surface area (Å²) in [5, 5.41) is 13.7. The van der Waals surface area contributed by atoms with Crippen molar-refractivity contribution in [2.24, 2.45) is 0 Å². The topological polar surface area (TPSA) is 55.2 Å². The zero-order valence-electron chi connectivity index (χ0n) is 14.3. The SMILES string of the molecule is Fc1ccccc1CNCc1cccn1-c1nnc(N2CCOCC2)s1. The van der Waals surface area contributed by atoms with E-state index in [2.05, 4.69) is 20.4 Å². The van der Waals surface area contributed by atoms with Crippen molar-refractivity contribution in [3.8, 4) is 5.13 Å². The normalized spacial score (nSPS) is 14.7. The molecule has 1 aromatic carbocycles. The molecule has 1 saturated heterocycles. The summed E-state index contributed by atoms with van der Waals surface area (Å²) >= 11 is 1.57. The van der Waals surface area contributed by atoms with Crippen molar-refractivity contribution in [2.45, 2.75) is 13.1 Å². The monoisotopic (exact) mass is 373 g/mol. The van der Waals surface area contributed by atoms with Gasteiger partial charge >= 0.3 is 0 Å². The first-order chi connectivity index (χ1) is 12.8. The first-order valence-corrected chi connectivity index (χ1v) is 9.40. The van der Waals surface area contributed by atoms with Gasteiger partial charge in [-0.2, -0.15) is 0 Å². The van der Waals surface area contributed by atoms with Crippen LogP contribution in [0.5, 0.6) is 0 Å². The fraction of sp³-hybridized carbons (Fsp3) is 0.333. The molecule has 0 spiro atoms. The fourth-order valence-corrected chi connectivity index (χ4v) is 3.82. The molecular formula is C18H20FN5OS. The average Bonchev–Trinajstić information content (AvgIpc) is 3.33. The zero-order chi connectivity index (χ0) is 17.8. The maximum Gasteiger partial charge on any atom is 0.218 e. The second-order valence-electron chi connectivity index (χ2n) is 6.03. The van der Waals surface area contributed by atoms with E-state index in [-0.39, 0.29) is 5.82 Å². The number of benzene rings is 1. The maximum atomic E-state index is 13.7. The van der Waals surface area contributed by atoms with Crippen molar-refractivity contribution in [2.75, 3.05) is 31.2 Å². The molecule has 1 fully saturated rings. The number of hydrogen-bond donors (Lipinski definition) is 1. The number of morpholine rings is 1. The Balaban J connectivity index is 1.42. The summed E-state index contributed by atoms with van der Waals surface area (Å²) in [6.45, 7) is 4.24. The highest BCUT2D eigenvalue weighted by Crippen LogP contribution is 2.25. The molecule has 26 heavy (non-hydrogen) atoms. The summed E-state index contributed by atoms with van der Waals surface area (Å²) < 4.78 is 21.1. The van der Waals surface area contributed by atoms with Crippen molar-refractivity contribution < 1.29 is 9.13 Å². The van der Waals surface area contributed by atoms with Gasteiger partial charge in [0.15, 0.2) is 0 Å². The summed E-state index contributed by atoms with van der Waals surface area (Å²) in [4.78, 5) is 2.20. The number of nitrogens with one attached hydrogen (secondary N) is 1. The predicted octanol–water partition coefficient (Wildman–Crippen LogP) is 2.59. The molecular weight excluding hydrogens is 353 g/mol. The summed E-state index contributed by atoms with van der Waals surface area (Å²) in [5.41, 5.74) is 1.72. The van der Waals surface area contributed by atoms with Gasteiger partial charge in [-0.1, -0.05) is 29.5 Å². The fourth-order valence-electron chi connectivity index (χ4n) is 2.90. The van der Waals surface area contributed by atoms with E-state index in [1.807, 2.05) is 29.0 Å². The van der Waals surface area contributed by atoms with E-state index in [4.69, 9.17) is 4.74 Å². The lowest BCUT2D eigenvalue weighted by molar-refractivity contribution is 0.122. The number of ether oxygens (including phenoxy) is 1. The molecule has 0 aliphatic carbocycles. The van der Waals surface area contributed by atoms with Crippen LogP contribution in [0, 0.1) is 5.82 Å². The van der Waals surface area contributed by atoms with Crippen molar-refractivity contribution in [3.63, 3.8) is 0 Å². The molecule has 136 valence electrons. The van der Waals surface area contributed by atoms with Crippen LogP contribution in [0.3, 0.4) is 0 Å². The lowest BCUT2D eigenvalue weighted by Gasteiger charge is -2.25. The number of aromatic nitrogens is 3. The zero-order valence-corrected chi connectivity index (χ0v) is 15.1. The third kappa shape index (κ3) is 3.77.